The largest absolute Gasteiger partial charge is 0.482 e. The predicted molar refractivity (Wildman–Crippen MR) is 88.9 cm³/mol. The summed E-state index contributed by atoms with van der Waals surface area (Å²) in [6, 6.07) is 13.1. The van der Waals surface area contributed by atoms with Gasteiger partial charge in [0.05, 0.1) is 12.1 Å². The van der Waals surface area contributed by atoms with Crippen LogP contribution >= 0.6 is 0 Å². The number of nitrogens with zero attached hydrogens (tertiary/aromatic N) is 1. The molecule has 0 bridgehead atoms. The number of hydrogen-bond acceptors (Lipinski definition) is 3. The Balaban J connectivity index is 1.73. The number of carbonyl (C=O) groups excluding carboxylic acids is 2. The third kappa shape index (κ3) is 3.34. The normalized spacial score (nSPS) is 13.3. The van der Waals surface area contributed by atoms with Gasteiger partial charge in [-0.15, -0.1) is 0 Å². The second-order valence-electron chi connectivity index (χ2n) is 5.64. The van der Waals surface area contributed by atoms with Gasteiger partial charge in [0.15, 0.2) is 6.61 Å². The third-order valence-corrected chi connectivity index (χ3v) is 3.78. The molecule has 0 aliphatic carbocycles. The van der Waals surface area contributed by atoms with Gasteiger partial charge in [0.2, 0.25) is 5.91 Å². The van der Waals surface area contributed by atoms with E-state index in [0.29, 0.717) is 23.5 Å². The molecule has 0 saturated heterocycles. The molecule has 2 amide bonds. The Morgan fingerprint density at radius 2 is 2.09 bits per heavy atom. The van der Waals surface area contributed by atoms with Gasteiger partial charge in [0, 0.05) is 12.7 Å². The lowest BCUT2D eigenvalue weighted by molar-refractivity contribution is -0.121. The van der Waals surface area contributed by atoms with Crippen molar-refractivity contribution in [1.82, 2.24) is 0 Å². The van der Waals surface area contributed by atoms with Crippen molar-refractivity contribution in [3.8, 4) is 5.75 Å². The van der Waals surface area contributed by atoms with Gasteiger partial charge in [-0.25, -0.2) is 0 Å². The first-order valence-electron chi connectivity index (χ1n) is 7.42. The molecule has 3 rings (SSSR count). The number of hydrogen-bond donors (Lipinski definition) is 1. The quantitative estimate of drug-likeness (QED) is 0.948. The highest BCUT2D eigenvalue weighted by molar-refractivity contribution is 5.99. The van der Waals surface area contributed by atoms with E-state index >= 15 is 0 Å². The van der Waals surface area contributed by atoms with Crippen molar-refractivity contribution >= 4 is 23.2 Å². The minimum Gasteiger partial charge on any atom is -0.482 e. The Kier molecular flexibility index (Phi) is 4.02. The number of likely N-dealkylation sites (N-methyl/N-ethyl adjacent to an activating group) is 1. The summed E-state index contributed by atoms with van der Waals surface area (Å²) >= 11 is 0. The number of amides is 2. The fourth-order valence-corrected chi connectivity index (χ4v) is 2.56. The maximum absolute atomic E-state index is 12.2. The molecule has 1 aliphatic rings. The van der Waals surface area contributed by atoms with E-state index in [2.05, 4.69) is 5.32 Å². The fourth-order valence-electron chi connectivity index (χ4n) is 2.56. The third-order valence-electron chi connectivity index (χ3n) is 3.78. The topological polar surface area (TPSA) is 58.6 Å². The second kappa shape index (κ2) is 6.12. The molecule has 0 radical (unpaired) electrons. The minimum atomic E-state index is -0.110. The minimum absolute atomic E-state index is 0.0442. The van der Waals surface area contributed by atoms with Crippen LogP contribution < -0.4 is 15.0 Å². The number of fused-ring (bicyclic) bond motifs is 1. The summed E-state index contributed by atoms with van der Waals surface area (Å²) < 4.78 is 5.37. The van der Waals surface area contributed by atoms with Crippen molar-refractivity contribution in [2.75, 3.05) is 23.9 Å². The van der Waals surface area contributed by atoms with Gasteiger partial charge in [-0.05, 0) is 30.7 Å². The maximum atomic E-state index is 12.2. The van der Waals surface area contributed by atoms with E-state index in [4.69, 9.17) is 4.74 Å². The van der Waals surface area contributed by atoms with Crippen molar-refractivity contribution in [2.24, 2.45) is 0 Å². The Morgan fingerprint density at radius 1 is 1.26 bits per heavy atom. The Hall–Kier alpha value is -2.82. The summed E-state index contributed by atoms with van der Waals surface area (Å²) in [7, 11) is 1.70. The average Bonchev–Trinajstić information content (AvgIpc) is 2.51. The van der Waals surface area contributed by atoms with Gasteiger partial charge in [-0.3, -0.25) is 9.59 Å². The molecular weight excluding hydrogens is 292 g/mol. The van der Waals surface area contributed by atoms with E-state index in [1.807, 2.05) is 31.2 Å². The zero-order valence-electron chi connectivity index (χ0n) is 13.1. The molecule has 0 unspecified atom stereocenters. The molecule has 1 aliphatic heterocycles. The van der Waals surface area contributed by atoms with Crippen LogP contribution in [-0.2, 0) is 16.0 Å². The average molecular weight is 310 g/mol. The molecule has 118 valence electrons. The monoisotopic (exact) mass is 310 g/mol. The molecule has 2 aromatic rings. The maximum Gasteiger partial charge on any atom is 0.264 e. The van der Waals surface area contributed by atoms with Crippen molar-refractivity contribution in [3.05, 3.63) is 53.6 Å². The summed E-state index contributed by atoms with van der Waals surface area (Å²) in [6.45, 7) is 2.04. The molecule has 0 spiro atoms. The van der Waals surface area contributed by atoms with E-state index in [-0.39, 0.29) is 18.4 Å². The van der Waals surface area contributed by atoms with Crippen LogP contribution in [0.2, 0.25) is 0 Å². The summed E-state index contributed by atoms with van der Waals surface area (Å²) in [5.41, 5.74) is 3.40. The second-order valence-corrected chi connectivity index (χ2v) is 5.64. The van der Waals surface area contributed by atoms with Crippen LogP contribution in [0.15, 0.2) is 42.5 Å². The molecule has 0 fully saturated rings. The van der Waals surface area contributed by atoms with Gasteiger partial charge < -0.3 is 15.0 Å². The molecule has 23 heavy (non-hydrogen) atoms. The highest BCUT2D eigenvalue weighted by Crippen LogP contribution is 2.33. The zero-order valence-corrected chi connectivity index (χ0v) is 13.1. The standard InChI is InChI=1S/C18H18N2O3/c1-12-4-3-5-13(8-12)9-17(21)19-14-6-7-16-15(10-14)20(2)18(22)11-23-16/h3-8,10H,9,11H2,1-2H3,(H,19,21). The molecule has 0 saturated carbocycles. The smallest absolute Gasteiger partial charge is 0.264 e. The zero-order chi connectivity index (χ0) is 16.4. The number of nitrogens with one attached hydrogen (secondary N) is 1. The number of carbonyl (C=O) groups is 2. The van der Waals surface area contributed by atoms with Crippen molar-refractivity contribution < 1.29 is 14.3 Å². The first-order valence-corrected chi connectivity index (χ1v) is 7.42. The molecule has 0 atom stereocenters. The highest BCUT2D eigenvalue weighted by atomic mass is 16.5. The lowest BCUT2D eigenvalue weighted by Gasteiger charge is -2.26. The number of anilines is 2. The number of benzene rings is 2. The van der Waals surface area contributed by atoms with E-state index < -0.39 is 0 Å². The van der Waals surface area contributed by atoms with Crippen molar-refractivity contribution in [1.29, 1.82) is 0 Å². The van der Waals surface area contributed by atoms with E-state index in [0.717, 1.165) is 11.1 Å². The Labute approximate surface area is 134 Å². The van der Waals surface area contributed by atoms with Crippen LogP contribution in [0.25, 0.3) is 0 Å². The summed E-state index contributed by atoms with van der Waals surface area (Å²) in [4.78, 5) is 25.4. The van der Waals surface area contributed by atoms with Crippen molar-refractivity contribution in [2.45, 2.75) is 13.3 Å². The van der Waals surface area contributed by atoms with Crippen LogP contribution in [0.5, 0.6) is 5.75 Å². The predicted octanol–water partition coefficient (Wildman–Crippen LogP) is 2.53. The van der Waals surface area contributed by atoms with E-state index in [1.54, 1.807) is 25.2 Å². The SMILES string of the molecule is Cc1cccc(CC(=O)Nc2ccc3c(c2)N(C)C(=O)CO3)c1. The lowest BCUT2D eigenvalue weighted by atomic mass is 10.1. The molecule has 5 nitrogen and oxygen atoms in total. The van der Waals surface area contributed by atoms with Crippen LogP contribution in [0.1, 0.15) is 11.1 Å². The van der Waals surface area contributed by atoms with Crippen LogP contribution in [0, 0.1) is 6.92 Å². The first-order chi connectivity index (χ1) is 11.0. The number of rotatable bonds is 3. The molecule has 0 aromatic heterocycles. The number of ether oxygens (including phenoxy) is 1. The van der Waals surface area contributed by atoms with Gasteiger partial charge in [-0.1, -0.05) is 29.8 Å². The summed E-state index contributed by atoms with van der Waals surface area (Å²) in [5, 5.41) is 2.86. The van der Waals surface area contributed by atoms with Crippen molar-refractivity contribution in [3.63, 3.8) is 0 Å². The van der Waals surface area contributed by atoms with Crippen LogP contribution in [0.4, 0.5) is 11.4 Å². The summed E-state index contributed by atoms with van der Waals surface area (Å²) in [5.74, 6) is 0.436. The molecule has 5 heteroatoms. The Bertz CT molecular complexity index is 771. The number of aryl methyl sites for hydroxylation is 1. The highest BCUT2D eigenvalue weighted by Gasteiger charge is 2.22. The van der Waals surface area contributed by atoms with Gasteiger partial charge in [0.25, 0.3) is 5.91 Å². The van der Waals surface area contributed by atoms with Crippen LogP contribution in [-0.4, -0.2) is 25.5 Å². The lowest BCUT2D eigenvalue weighted by Crippen LogP contribution is -2.35. The molecular formula is C18H18N2O3. The van der Waals surface area contributed by atoms with Crippen LogP contribution in [0.3, 0.4) is 0 Å². The van der Waals surface area contributed by atoms with Gasteiger partial charge in [0.1, 0.15) is 5.75 Å². The molecule has 1 heterocycles. The molecule has 1 N–H and O–H groups in total. The van der Waals surface area contributed by atoms with E-state index in [1.165, 1.54) is 4.90 Å². The fraction of sp³-hybridized carbons (Fsp3) is 0.222. The van der Waals surface area contributed by atoms with E-state index in [9.17, 15) is 9.59 Å². The Morgan fingerprint density at radius 3 is 2.87 bits per heavy atom. The van der Waals surface area contributed by atoms with Gasteiger partial charge in [-0.2, -0.15) is 0 Å². The first kappa shape index (κ1) is 15.1. The van der Waals surface area contributed by atoms with Gasteiger partial charge >= 0.3 is 0 Å². The summed E-state index contributed by atoms with van der Waals surface area (Å²) in [6.07, 6.45) is 0.310. The molecule has 2 aromatic carbocycles.